The standard InChI is InChI=1S/C14H18O2/c1-8-7-12(16-4)9(2)10(3)13(8)14(15)11-5-6-11/h7,11H,5-6H2,1-4H3. The molecule has 0 heterocycles. The molecule has 0 saturated heterocycles. The average Bonchev–Trinajstić information content (AvgIpc) is 3.07. The molecule has 0 bridgehead atoms. The molecule has 0 radical (unpaired) electrons. The van der Waals surface area contributed by atoms with Gasteiger partial charge in [-0.15, -0.1) is 0 Å². The predicted molar refractivity (Wildman–Crippen MR) is 64.3 cm³/mol. The highest BCUT2D eigenvalue weighted by molar-refractivity contribution is 6.02. The molecule has 2 rings (SSSR count). The third kappa shape index (κ3) is 1.73. The summed E-state index contributed by atoms with van der Waals surface area (Å²) in [6.45, 7) is 6.02. The van der Waals surface area contributed by atoms with Crippen molar-refractivity contribution in [2.45, 2.75) is 33.6 Å². The third-order valence-corrected chi connectivity index (χ3v) is 3.46. The van der Waals surface area contributed by atoms with E-state index in [9.17, 15) is 4.79 Å². The van der Waals surface area contributed by atoms with E-state index >= 15 is 0 Å². The Hall–Kier alpha value is -1.31. The van der Waals surface area contributed by atoms with E-state index in [-0.39, 0.29) is 5.92 Å². The van der Waals surface area contributed by atoms with E-state index in [1.165, 1.54) is 0 Å². The van der Waals surface area contributed by atoms with Gasteiger partial charge in [-0.3, -0.25) is 4.79 Å². The molecule has 1 fully saturated rings. The highest BCUT2D eigenvalue weighted by atomic mass is 16.5. The molecule has 1 aromatic carbocycles. The van der Waals surface area contributed by atoms with Crippen LogP contribution >= 0.6 is 0 Å². The number of hydrogen-bond donors (Lipinski definition) is 0. The van der Waals surface area contributed by atoms with Crippen molar-refractivity contribution in [2.24, 2.45) is 5.92 Å². The van der Waals surface area contributed by atoms with E-state index in [1.54, 1.807) is 7.11 Å². The molecule has 1 saturated carbocycles. The molecule has 86 valence electrons. The van der Waals surface area contributed by atoms with E-state index in [1.807, 2.05) is 26.8 Å². The van der Waals surface area contributed by atoms with Crippen molar-refractivity contribution in [3.8, 4) is 5.75 Å². The summed E-state index contributed by atoms with van der Waals surface area (Å²) in [5, 5.41) is 0. The second-order valence-electron chi connectivity index (χ2n) is 4.66. The minimum absolute atomic E-state index is 0.283. The Labute approximate surface area is 96.6 Å². The van der Waals surface area contributed by atoms with E-state index in [0.29, 0.717) is 5.78 Å². The van der Waals surface area contributed by atoms with Crippen molar-refractivity contribution in [3.63, 3.8) is 0 Å². The summed E-state index contributed by atoms with van der Waals surface area (Å²) in [5.74, 6) is 1.48. The number of rotatable bonds is 3. The van der Waals surface area contributed by atoms with Gasteiger partial charge < -0.3 is 4.74 Å². The number of benzene rings is 1. The molecular formula is C14H18O2. The van der Waals surface area contributed by atoms with Gasteiger partial charge in [0.2, 0.25) is 0 Å². The van der Waals surface area contributed by atoms with Crippen molar-refractivity contribution >= 4 is 5.78 Å². The molecule has 2 nitrogen and oxygen atoms in total. The summed E-state index contributed by atoms with van der Waals surface area (Å²) < 4.78 is 5.31. The Morgan fingerprint density at radius 2 is 1.88 bits per heavy atom. The second kappa shape index (κ2) is 3.93. The molecule has 0 N–H and O–H groups in total. The largest absolute Gasteiger partial charge is 0.496 e. The van der Waals surface area contributed by atoms with Gasteiger partial charge in [-0.05, 0) is 56.4 Å². The van der Waals surface area contributed by atoms with E-state index in [4.69, 9.17) is 4.74 Å². The molecule has 0 atom stereocenters. The van der Waals surface area contributed by atoms with Crippen LogP contribution in [0.4, 0.5) is 0 Å². The van der Waals surface area contributed by atoms with Crippen LogP contribution in [0.25, 0.3) is 0 Å². The van der Waals surface area contributed by atoms with Crippen LogP contribution in [0.3, 0.4) is 0 Å². The van der Waals surface area contributed by atoms with Gasteiger partial charge in [0.1, 0.15) is 5.75 Å². The van der Waals surface area contributed by atoms with Crippen molar-refractivity contribution in [1.29, 1.82) is 0 Å². The molecule has 0 spiro atoms. The van der Waals surface area contributed by atoms with E-state index in [0.717, 1.165) is 40.8 Å². The zero-order valence-corrected chi connectivity index (χ0v) is 10.4. The summed E-state index contributed by atoms with van der Waals surface area (Å²) in [6.07, 6.45) is 2.12. The molecule has 2 heteroatoms. The minimum atomic E-state index is 0.283. The predicted octanol–water partition coefficient (Wildman–Crippen LogP) is 3.21. The van der Waals surface area contributed by atoms with Gasteiger partial charge in [-0.2, -0.15) is 0 Å². The van der Waals surface area contributed by atoms with Gasteiger partial charge in [-0.1, -0.05) is 0 Å². The first-order valence-corrected chi connectivity index (χ1v) is 5.75. The van der Waals surface area contributed by atoms with Crippen molar-refractivity contribution in [1.82, 2.24) is 0 Å². The quantitative estimate of drug-likeness (QED) is 0.728. The molecule has 0 unspecified atom stereocenters. The monoisotopic (exact) mass is 218 g/mol. The summed E-state index contributed by atoms with van der Waals surface area (Å²) in [6, 6.07) is 1.97. The van der Waals surface area contributed by atoms with E-state index < -0.39 is 0 Å². The number of carbonyl (C=O) groups excluding carboxylic acids is 1. The normalized spacial score (nSPS) is 15.0. The zero-order valence-electron chi connectivity index (χ0n) is 10.4. The van der Waals surface area contributed by atoms with Crippen LogP contribution in [0.5, 0.6) is 5.75 Å². The number of ether oxygens (including phenoxy) is 1. The lowest BCUT2D eigenvalue weighted by Crippen LogP contribution is -2.08. The maximum atomic E-state index is 12.2. The maximum absolute atomic E-state index is 12.2. The van der Waals surface area contributed by atoms with Crippen molar-refractivity contribution in [3.05, 3.63) is 28.3 Å². The van der Waals surface area contributed by atoms with Crippen LogP contribution < -0.4 is 4.74 Å². The number of hydrogen-bond acceptors (Lipinski definition) is 2. The lowest BCUT2D eigenvalue weighted by Gasteiger charge is -2.14. The number of ketones is 1. The fraction of sp³-hybridized carbons (Fsp3) is 0.500. The van der Waals surface area contributed by atoms with Crippen molar-refractivity contribution in [2.75, 3.05) is 7.11 Å². The van der Waals surface area contributed by atoms with Crippen LogP contribution in [-0.2, 0) is 0 Å². The molecule has 0 aromatic heterocycles. The van der Waals surface area contributed by atoms with Crippen LogP contribution in [0.1, 0.15) is 39.9 Å². The summed E-state index contributed by atoms with van der Waals surface area (Å²) in [4.78, 5) is 12.2. The fourth-order valence-electron chi connectivity index (χ4n) is 2.19. The average molecular weight is 218 g/mol. The summed E-state index contributed by atoms with van der Waals surface area (Å²) in [5.41, 5.74) is 4.11. The lowest BCUT2D eigenvalue weighted by atomic mass is 9.93. The number of Topliss-reactive ketones (excluding diaryl/α,β-unsaturated/α-hetero) is 1. The Balaban J connectivity index is 2.52. The van der Waals surface area contributed by atoms with Gasteiger partial charge in [0.05, 0.1) is 7.11 Å². The summed E-state index contributed by atoms with van der Waals surface area (Å²) >= 11 is 0. The topological polar surface area (TPSA) is 26.3 Å². The zero-order chi connectivity index (χ0) is 11.9. The van der Waals surface area contributed by atoms with E-state index in [2.05, 4.69) is 0 Å². The fourth-order valence-corrected chi connectivity index (χ4v) is 2.19. The molecule has 16 heavy (non-hydrogen) atoms. The van der Waals surface area contributed by atoms with Gasteiger partial charge in [0, 0.05) is 11.5 Å². The van der Waals surface area contributed by atoms with Gasteiger partial charge in [0.25, 0.3) is 0 Å². The molecular weight excluding hydrogens is 200 g/mol. The molecule has 1 aliphatic carbocycles. The maximum Gasteiger partial charge on any atom is 0.166 e. The molecule has 1 aromatic rings. The number of carbonyl (C=O) groups is 1. The van der Waals surface area contributed by atoms with Crippen LogP contribution in [0.2, 0.25) is 0 Å². The van der Waals surface area contributed by atoms with Crippen LogP contribution in [0.15, 0.2) is 6.07 Å². The Morgan fingerprint density at radius 1 is 1.25 bits per heavy atom. The highest BCUT2D eigenvalue weighted by Crippen LogP contribution is 2.36. The van der Waals surface area contributed by atoms with Gasteiger partial charge >= 0.3 is 0 Å². The summed E-state index contributed by atoms with van der Waals surface area (Å²) in [7, 11) is 1.67. The first-order valence-electron chi connectivity index (χ1n) is 5.75. The second-order valence-corrected chi connectivity index (χ2v) is 4.66. The van der Waals surface area contributed by atoms with Crippen LogP contribution in [-0.4, -0.2) is 12.9 Å². The number of aryl methyl sites for hydroxylation is 1. The van der Waals surface area contributed by atoms with Gasteiger partial charge in [0.15, 0.2) is 5.78 Å². The van der Waals surface area contributed by atoms with Crippen molar-refractivity contribution < 1.29 is 9.53 Å². The Bertz CT molecular complexity index is 443. The smallest absolute Gasteiger partial charge is 0.166 e. The highest BCUT2D eigenvalue weighted by Gasteiger charge is 2.32. The molecule has 1 aliphatic rings. The first kappa shape index (κ1) is 11.2. The van der Waals surface area contributed by atoms with Crippen LogP contribution in [0, 0.1) is 26.7 Å². The lowest BCUT2D eigenvalue weighted by molar-refractivity contribution is 0.0966. The Kier molecular flexibility index (Phi) is 2.75. The minimum Gasteiger partial charge on any atom is -0.496 e. The molecule has 0 amide bonds. The van der Waals surface area contributed by atoms with Gasteiger partial charge in [-0.25, -0.2) is 0 Å². The molecule has 0 aliphatic heterocycles. The first-order chi connectivity index (χ1) is 7.56. The third-order valence-electron chi connectivity index (χ3n) is 3.46. The number of methoxy groups -OCH3 is 1. The SMILES string of the molecule is COc1cc(C)c(C(=O)C2CC2)c(C)c1C. The Morgan fingerprint density at radius 3 is 2.38 bits per heavy atom.